The highest BCUT2D eigenvalue weighted by Gasteiger charge is 2.32. The zero-order valence-corrected chi connectivity index (χ0v) is 11.6. The largest absolute Gasteiger partial charge is 0.396 e. The number of hydrogen-bond acceptors (Lipinski definition) is 2. The molecule has 1 aromatic rings. The smallest absolute Gasteiger partial charge is 0.254 e. The summed E-state index contributed by atoms with van der Waals surface area (Å²) in [6.07, 6.45) is 5.42. The molecule has 0 radical (unpaired) electrons. The maximum atomic E-state index is 13.8. The third-order valence-corrected chi connectivity index (χ3v) is 4.35. The fourth-order valence-electron chi connectivity index (χ4n) is 2.92. The predicted octanol–water partition coefficient (Wildman–Crippen LogP) is 3.25. The maximum Gasteiger partial charge on any atom is 0.254 e. The van der Waals surface area contributed by atoms with Gasteiger partial charge in [-0.25, -0.2) is 8.78 Å². The maximum absolute atomic E-state index is 13.8. The highest BCUT2D eigenvalue weighted by atomic mass is 19.1. The van der Waals surface area contributed by atoms with Gasteiger partial charge in [-0.3, -0.25) is 4.79 Å². The molecule has 0 saturated heterocycles. The van der Waals surface area contributed by atoms with E-state index in [2.05, 4.69) is 12.2 Å². The van der Waals surface area contributed by atoms with E-state index < -0.39 is 17.5 Å². The van der Waals surface area contributed by atoms with Crippen LogP contribution in [0.1, 0.15) is 49.4 Å². The fraction of sp³-hybridized carbons (Fsp3) is 0.533. The lowest BCUT2D eigenvalue weighted by Crippen LogP contribution is -2.36. The van der Waals surface area contributed by atoms with Crippen LogP contribution in [0.15, 0.2) is 12.1 Å². The molecule has 1 aliphatic rings. The second-order valence-electron chi connectivity index (χ2n) is 5.60. The Morgan fingerprint density at radius 1 is 1.35 bits per heavy atom. The van der Waals surface area contributed by atoms with Gasteiger partial charge in [0.2, 0.25) is 0 Å². The normalized spacial score (nSPS) is 17.1. The van der Waals surface area contributed by atoms with Gasteiger partial charge in [-0.05, 0) is 36.8 Å². The van der Waals surface area contributed by atoms with E-state index in [0.29, 0.717) is 6.54 Å². The van der Waals surface area contributed by atoms with Gasteiger partial charge in [-0.2, -0.15) is 0 Å². The van der Waals surface area contributed by atoms with E-state index in [9.17, 15) is 13.6 Å². The minimum absolute atomic E-state index is 0.102. The molecular weight excluding hydrogens is 262 g/mol. The van der Waals surface area contributed by atoms with Crippen molar-refractivity contribution in [2.75, 3.05) is 12.3 Å². The van der Waals surface area contributed by atoms with E-state index >= 15 is 0 Å². The molecule has 3 N–H and O–H groups in total. The van der Waals surface area contributed by atoms with Crippen molar-refractivity contribution >= 4 is 11.6 Å². The van der Waals surface area contributed by atoms with Crippen molar-refractivity contribution in [3.63, 3.8) is 0 Å². The quantitative estimate of drug-likeness (QED) is 0.833. The summed E-state index contributed by atoms with van der Waals surface area (Å²) in [5, 5.41) is 2.73. The molecule has 0 aliphatic heterocycles. The minimum atomic E-state index is -0.860. The molecule has 2 rings (SSSR count). The van der Waals surface area contributed by atoms with Gasteiger partial charge < -0.3 is 11.1 Å². The number of nitrogen functional groups attached to an aromatic ring is 1. The van der Waals surface area contributed by atoms with Crippen molar-refractivity contribution in [1.82, 2.24) is 5.32 Å². The summed E-state index contributed by atoms with van der Waals surface area (Å²) in [7, 11) is 0. The molecular formula is C15H20F2N2O. The van der Waals surface area contributed by atoms with Gasteiger partial charge in [0.05, 0.1) is 11.3 Å². The van der Waals surface area contributed by atoms with Crippen molar-refractivity contribution in [1.29, 1.82) is 0 Å². The van der Waals surface area contributed by atoms with E-state index in [1.54, 1.807) is 0 Å². The van der Waals surface area contributed by atoms with Crippen molar-refractivity contribution in [3.05, 3.63) is 29.3 Å². The Hall–Kier alpha value is -1.65. The lowest BCUT2D eigenvalue weighted by molar-refractivity contribution is 0.0924. The number of nitrogens with two attached hydrogens (primary N) is 1. The van der Waals surface area contributed by atoms with Gasteiger partial charge in [-0.15, -0.1) is 0 Å². The second-order valence-corrected chi connectivity index (χ2v) is 5.60. The zero-order chi connectivity index (χ0) is 14.8. The van der Waals surface area contributed by atoms with Crippen molar-refractivity contribution in [2.24, 2.45) is 5.41 Å². The number of carbonyl (C=O) groups excluding carboxylic acids is 1. The number of hydrogen-bond donors (Lipinski definition) is 2. The molecule has 0 heterocycles. The van der Waals surface area contributed by atoms with Crippen LogP contribution in [0.25, 0.3) is 0 Å². The molecule has 5 heteroatoms. The predicted molar refractivity (Wildman–Crippen MR) is 74.3 cm³/mol. The summed E-state index contributed by atoms with van der Waals surface area (Å²) < 4.78 is 27.0. The number of anilines is 1. The Bertz CT molecular complexity index is 511. The van der Waals surface area contributed by atoms with Gasteiger partial charge >= 0.3 is 0 Å². The lowest BCUT2D eigenvalue weighted by atomic mass is 9.83. The van der Waals surface area contributed by atoms with E-state index in [1.807, 2.05) is 0 Å². The highest BCUT2D eigenvalue weighted by Crippen LogP contribution is 2.40. The minimum Gasteiger partial charge on any atom is -0.396 e. The molecule has 0 unspecified atom stereocenters. The molecule has 0 spiro atoms. The molecule has 1 saturated carbocycles. The van der Waals surface area contributed by atoms with Crippen LogP contribution in [-0.2, 0) is 0 Å². The summed E-state index contributed by atoms with van der Waals surface area (Å²) in [6.45, 7) is 2.59. The number of rotatable bonds is 4. The third kappa shape index (κ3) is 2.92. The van der Waals surface area contributed by atoms with E-state index in [-0.39, 0.29) is 16.7 Å². The Morgan fingerprint density at radius 3 is 2.60 bits per heavy atom. The molecule has 20 heavy (non-hydrogen) atoms. The summed E-state index contributed by atoms with van der Waals surface area (Å²) >= 11 is 0. The van der Waals surface area contributed by atoms with Crippen molar-refractivity contribution < 1.29 is 13.6 Å². The highest BCUT2D eigenvalue weighted by molar-refractivity contribution is 5.95. The number of halogens is 2. The van der Waals surface area contributed by atoms with Crippen LogP contribution in [-0.4, -0.2) is 12.5 Å². The van der Waals surface area contributed by atoms with Crippen LogP contribution in [0, 0.1) is 17.0 Å². The topological polar surface area (TPSA) is 55.1 Å². The number of carbonyl (C=O) groups is 1. The average Bonchev–Trinajstić information content (AvgIpc) is 2.89. The van der Waals surface area contributed by atoms with Crippen LogP contribution in [0.2, 0.25) is 0 Å². The summed E-state index contributed by atoms with van der Waals surface area (Å²) in [5.74, 6) is -2.17. The van der Waals surface area contributed by atoms with Crippen molar-refractivity contribution in [2.45, 2.75) is 39.0 Å². The first-order valence-corrected chi connectivity index (χ1v) is 7.00. The first kappa shape index (κ1) is 14.8. The molecule has 0 atom stereocenters. The van der Waals surface area contributed by atoms with Gasteiger partial charge in [0, 0.05) is 6.54 Å². The Morgan fingerprint density at radius 2 is 2.00 bits per heavy atom. The number of amides is 1. The molecule has 3 nitrogen and oxygen atoms in total. The summed E-state index contributed by atoms with van der Waals surface area (Å²) in [4.78, 5) is 12.0. The molecule has 1 aliphatic carbocycles. The van der Waals surface area contributed by atoms with Crippen LogP contribution in [0.4, 0.5) is 14.5 Å². The first-order chi connectivity index (χ1) is 9.47. The number of benzene rings is 1. The zero-order valence-electron chi connectivity index (χ0n) is 11.6. The van der Waals surface area contributed by atoms with Crippen molar-refractivity contribution in [3.8, 4) is 0 Å². The molecule has 0 bridgehead atoms. The van der Waals surface area contributed by atoms with Crippen LogP contribution < -0.4 is 11.1 Å². The van der Waals surface area contributed by atoms with Gasteiger partial charge in [0.1, 0.15) is 5.82 Å². The Balaban J connectivity index is 2.09. The van der Waals surface area contributed by atoms with Crippen LogP contribution in [0.3, 0.4) is 0 Å². The third-order valence-electron chi connectivity index (χ3n) is 4.35. The fourth-order valence-corrected chi connectivity index (χ4v) is 2.92. The van der Waals surface area contributed by atoms with Gasteiger partial charge in [0.15, 0.2) is 5.82 Å². The van der Waals surface area contributed by atoms with E-state index in [1.165, 1.54) is 0 Å². The first-order valence-electron chi connectivity index (χ1n) is 7.00. The number of nitrogens with one attached hydrogen (secondary N) is 1. The standard InChI is InChI=1S/C15H20F2N2O/c1-2-15(5-3-4-6-15)9-19-14(20)11-7-10(16)8-12(18)13(11)17/h7-8H,2-6,9,18H2,1H3,(H,19,20). The second kappa shape index (κ2) is 5.77. The molecule has 1 aromatic carbocycles. The summed E-state index contributed by atoms with van der Waals surface area (Å²) in [5.41, 5.74) is 4.76. The Kier molecular flexibility index (Phi) is 4.26. The van der Waals surface area contributed by atoms with E-state index in [0.717, 1.165) is 44.2 Å². The van der Waals surface area contributed by atoms with Gasteiger partial charge in [-0.1, -0.05) is 19.8 Å². The average molecular weight is 282 g/mol. The molecule has 0 aromatic heterocycles. The molecule has 1 amide bonds. The van der Waals surface area contributed by atoms with Crippen LogP contribution >= 0.6 is 0 Å². The SMILES string of the molecule is CCC1(CNC(=O)c2cc(F)cc(N)c2F)CCCC1. The lowest BCUT2D eigenvalue weighted by Gasteiger charge is -2.27. The van der Waals surface area contributed by atoms with Crippen LogP contribution in [0.5, 0.6) is 0 Å². The summed E-state index contributed by atoms with van der Waals surface area (Å²) in [6, 6.07) is 1.75. The van der Waals surface area contributed by atoms with E-state index in [4.69, 9.17) is 5.73 Å². The molecule has 1 fully saturated rings. The monoisotopic (exact) mass is 282 g/mol. The molecule has 110 valence electrons. The van der Waals surface area contributed by atoms with Gasteiger partial charge in [0.25, 0.3) is 5.91 Å². The Labute approximate surface area is 117 Å².